The Balaban J connectivity index is 2.73. The van der Waals surface area contributed by atoms with Gasteiger partial charge in [0.2, 0.25) is 0 Å². The Bertz CT molecular complexity index is 414. The zero-order chi connectivity index (χ0) is 8.39. The van der Waals surface area contributed by atoms with Gasteiger partial charge in [-0.2, -0.15) is 0 Å². The molecule has 0 saturated heterocycles. The molecular formula is C10H9NS. The molecule has 0 aliphatic rings. The van der Waals surface area contributed by atoms with Gasteiger partial charge in [-0.25, -0.2) is 0 Å². The van der Waals surface area contributed by atoms with Crippen molar-refractivity contribution >= 4 is 27.6 Å². The first-order valence-electron chi connectivity index (χ1n) is 3.80. The monoisotopic (exact) mass is 175 g/mol. The molecular weight excluding hydrogens is 166 g/mol. The highest BCUT2D eigenvalue weighted by molar-refractivity contribution is 7.17. The molecule has 0 aliphatic heterocycles. The number of thiophene rings is 1. The van der Waals surface area contributed by atoms with Gasteiger partial charge in [0.05, 0.1) is 0 Å². The van der Waals surface area contributed by atoms with Crippen molar-refractivity contribution in [1.29, 1.82) is 0 Å². The summed E-state index contributed by atoms with van der Waals surface area (Å²) < 4.78 is 1.32. The molecule has 12 heavy (non-hydrogen) atoms. The molecule has 1 nitrogen and oxygen atoms in total. The Morgan fingerprint density at radius 1 is 1.33 bits per heavy atom. The highest BCUT2D eigenvalue weighted by atomic mass is 32.1. The molecule has 0 spiro atoms. The van der Waals surface area contributed by atoms with Crippen LogP contribution in [0.5, 0.6) is 0 Å². The van der Waals surface area contributed by atoms with E-state index in [1.807, 2.05) is 6.21 Å². The number of hydrogen-bond acceptors (Lipinski definition) is 2. The van der Waals surface area contributed by atoms with Gasteiger partial charge < -0.3 is 0 Å². The summed E-state index contributed by atoms with van der Waals surface area (Å²) in [5.74, 6) is 0. The Kier molecular flexibility index (Phi) is 1.92. The Hall–Kier alpha value is -1.15. The van der Waals surface area contributed by atoms with Crippen molar-refractivity contribution in [2.24, 2.45) is 4.99 Å². The maximum atomic E-state index is 4.02. The molecule has 1 heterocycles. The minimum absolute atomic E-state index is 1.21. The van der Waals surface area contributed by atoms with Gasteiger partial charge in [-0.05, 0) is 16.8 Å². The molecule has 2 aromatic rings. The van der Waals surface area contributed by atoms with Crippen molar-refractivity contribution < 1.29 is 0 Å². The molecule has 2 heteroatoms. The summed E-state index contributed by atoms with van der Waals surface area (Å²) in [7, 11) is 1.80. The lowest BCUT2D eigenvalue weighted by atomic mass is 10.2. The van der Waals surface area contributed by atoms with Crippen LogP contribution in [0.15, 0.2) is 34.6 Å². The summed E-state index contributed by atoms with van der Waals surface area (Å²) in [4.78, 5) is 4.02. The van der Waals surface area contributed by atoms with Crippen LogP contribution in [0, 0.1) is 0 Å². The molecule has 0 fully saturated rings. The van der Waals surface area contributed by atoms with Gasteiger partial charge in [-0.15, -0.1) is 11.3 Å². The molecule has 1 aromatic carbocycles. The number of aliphatic imine (C=N–C) groups is 1. The van der Waals surface area contributed by atoms with Crippen LogP contribution in [-0.4, -0.2) is 13.3 Å². The fraction of sp³-hybridized carbons (Fsp3) is 0.100. The van der Waals surface area contributed by atoms with E-state index in [0.29, 0.717) is 0 Å². The second-order valence-corrected chi connectivity index (χ2v) is 3.49. The topological polar surface area (TPSA) is 12.4 Å². The molecule has 0 saturated carbocycles. The molecule has 0 bridgehead atoms. The minimum Gasteiger partial charge on any atom is -0.296 e. The van der Waals surface area contributed by atoms with E-state index in [2.05, 4.69) is 34.6 Å². The van der Waals surface area contributed by atoms with Crippen LogP contribution in [0.3, 0.4) is 0 Å². The van der Waals surface area contributed by atoms with Gasteiger partial charge in [-0.3, -0.25) is 4.99 Å². The van der Waals surface area contributed by atoms with Gasteiger partial charge >= 0.3 is 0 Å². The highest BCUT2D eigenvalue weighted by Crippen LogP contribution is 2.23. The quantitative estimate of drug-likeness (QED) is 0.591. The first-order valence-corrected chi connectivity index (χ1v) is 4.68. The third-order valence-electron chi connectivity index (χ3n) is 1.78. The lowest BCUT2D eigenvalue weighted by Crippen LogP contribution is -1.78. The molecule has 2 rings (SSSR count). The summed E-state index contributed by atoms with van der Waals surface area (Å²) in [6.07, 6.45) is 1.90. The second kappa shape index (κ2) is 3.07. The second-order valence-electron chi connectivity index (χ2n) is 2.57. The van der Waals surface area contributed by atoms with Crippen LogP contribution in [0.25, 0.3) is 10.1 Å². The number of hydrogen-bond donors (Lipinski definition) is 0. The fourth-order valence-corrected chi connectivity index (χ4v) is 2.14. The molecule has 0 aliphatic carbocycles. The van der Waals surface area contributed by atoms with E-state index in [9.17, 15) is 0 Å². The fourth-order valence-electron chi connectivity index (χ4n) is 1.26. The number of fused-ring (bicyclic) bond motifs is 1. The zero-order valence-corrected chi connectivity index (χ0v) is 7.64. The van der Waals surface area contributed by atoms with Gasteiger partial charge in [0.1, 0.15) is 0 Å². The SMILES string of the molecule is CN=Cc1cccc2ccsc12. The summed E-state index contributed by atoms with van der Waals surface area (Å²) in [6, 6.07) is 8.41. The minimum atomic E-state index is 1.21. The Morgan fingerprint density at radius 2 is 2.25 bits per heavy atom. The standard InChI is InChI=1S/C10H9NS/c1-11-7-9-4-2-3-8-5-6-12-10(8)9/h2-7H,1H3. The number of nitrogens with zero attached hydrogens (tertiary/aromatic N) is 1. The van der Waals surface area contributed by atoms with E-state index in [4.69, 9.17) is 0 Å². The van der Waals surface area contributed by atoms with Crippen LogP contribution < -0.4 is 0 Å². The first-order chi connectivity index (χ1) is 5.92. The lowest BCUT2D eigenvalue weighted by Gasteiger charge is -1.93. The lowest BCUT2D eigenvalue weighted by molar-refractivity contribution is 1.47. The van der Waals surface area contributed by atoms with E-state index in [-0.39, 0.29) is 0 Å². The maximum Gasteiger partial charge on any atom is 0.0430 e. The van der Waals surface area contributed by atoms with E-state index in [0.717, 1.165) is 0 Å². The first kappa shape index (κ1) is 7.50. The van der Waals surface area contributed by atoms with Crippen molar-refractivity contribution in [1.82, 2.24) is 0 Å². The van der Waals surface area contributed by atoms with Gasteiger partial charge in [-0.1, -0.05) is 18.2 Å². The normalized spacial score (nSPS) is 11.4. The van der Waals surface area contributed by atoms with Crippen molar-refractivity contribution in [2.75, 3.05) is 7.05 Å². The highest BCUT2D eigenvalue weighted by Gasteiger charge is 1.97. The smallest absolute Gasteiger partial charge is 0.0430 e. The van der Waals surface area contributed by atoms with Crippen LogP contribution in [-0.2, 0) is 0 Å². The summed E-state index contributed by atoms with van der Waals surface area (Å²) in [5, 5.41) is 3.41. The van der Waals surface area contributed by atoms with E-state index < -0.39 is 0 Å². The van der Waals surface area contributed by atoms with E-state index in [1.54, 1.807) is 18.4 Å². The molecule has 0 atom stereocenters. The average molecular weight is 175 g/mol. The van der Waals surface area contributed by atoms with Gasteiger partial charge in [0.15, 0.2) is 0 Å². The van der Waals surface area contributed by atoms with Crippen molar-refractivity contribution in [2.45, 2.75) is 0 Å². The number of rotatable bonds is 1. The van der Waals surface area contributed by atoms with Crippen LogP contribution >= 0.6 is 11.3 Å². The molecule has 60 valence electrons. The summed E-state index contributed by atoms with van der Waals surface area (Å²) >= 11 is 1.76. The van der Waals surface area contributed by atoms with Crippen molar-refractivity contribution in [3.63, 3.8) is 0 Å². The maximum absolute atomic E-state index is 4.02. The van der Waals surface area contributed by atoms with E-state index in [1.165, 1.54) is 15.6 Å². The molecule has 0 unspecified atom stereocenters. The van der Waals surface area contributed by atoms with Crippen LogP contribution in [0.1, 0.15) is 5.56 Å². The summed E-state index contributed by atoms with van der Waals surface area (Å²) in [6.45, 7) is 0. The predicted octanol–water partition coefficient (Wildman–Crippen LogP) is 2.95. The molecule has 0 radical (unpaired) electrons. The van der Waals surface area contributed by atoms with Gasteiger partial charge in [0, 0.05) is 23.5 Å². The van der Waals surface area contributed by atoms with Crippen LogP contribution in [0.4, 0.5) is 0 Å². The molecule has 0 amide bonds. The predicted molar refractivity (Wildman–Crippen MR) is 55.3 cm³/mol. The van der Waals surface area contributed by atoms with Crippen molar-refractivity contribution in [3.8, 4) is 0 Å². The Labute approximate surface area is 75.4 Å². The number of benzene rings is 1. The third-order valence-corrected chi connectivity index (χ3v) is 2.76. The van der Waals surface area contributed by atoms with Crippen molar-refractivity contribution in [3.05, 3.63) is 35.2 Å². The van der Waals surface area contributed by atoms with E-state index >= 15 is 0 Å². The Morgan fingerprint density at radius 3 is 3.08 bits per heavy atom. The average Bonchev–Trinajstić information content (AvgIpc) is 2.53. The largest absolute Gasteiger partial charge is 0.296 e. The summed E-state index contributed by atoms with van der Waals surface area (Å²) in [5.41, 5.74) is 1.21. The molecule has 0 N–H and O–H groups in total. The molecule has 1 aromatic heterocycles. The zero-order valence-electron chi connectivity index (χ0n) is 6.82. The third kappa shape index (κ3) is 1.14. The van der Waals surface area contributed by atoms with Crippen LogP contribution in [0.2, 0.25) is 0 Å². The van der Waals surface area contributed by atoms with Gasteiger partial charge in [0.25, 0.3) is 0 Å².